The van der Waals surface area contributed by atoms with Crippen LogP contribution in [-0.2, 0) is 0 Å². The monoisotopic (exact) mass is 539 g/mol. The Labute approximate surface area is 234 Å². The molecule has 3 heterocycles. The van der Waals surface area contributed by atoms with Gasteiger partial charge in [-0.3, -0.25) is 10.1 Å². The van der Waals surface area contributed by atoms with Crippen molar-refractivity contribution in [3.05, 3.63) is 89.9 Å². The van der Waals surface area contributed by atoms with E-state index in [2.05, 4.69) is 82.9 Å². The molecule has 0 fully saturated rings. The molecule has 39 heavy (non-hydrogen) atoms. The Morgan fingerprint density at radius 2 is 2.03 bits per heavy atom. The van der Waals surface area contributed by atoms with Gasteiger partial charge in [-0.15, -0.1) is 11.8 Å². The highest BCUT2D eigenvalue weighted by atomic mass is 32.2. The zero-order chi connectivity index (χ0) is 28.1. The molecule has 7 nitrogen and oxygen atoms in total. The molecule has 3 aromatic heterocycles. The largest absolute Gasteiger partial charge is 0.358 e. The van der Waals surface area contributed by atoms with Gasteiger partial charge in [0.2, 0.25) is 0 Å². The number of rotatable bonds is 11. The summed E-state index contributed by atoms with van der Waals surface area (Å²) in [4.78, 5) is 15.2. The lowest BCUT2D eigenvalue weighted by Crippen LogP contribution is -2.23. The van der Waals surface area contributed by atoms with Crippen LogP contribution in [0.5, 0.6) is 0 Å². The number of aromatic amines is 2. The van der Waals surface area contributed by atoms with Crippen molar-refractivity contribution in [1.29, 1.82) is 0 Å². The second-order valence-corrected chi connectivity index (χ2v) is 11.4. The van der Waals surface area contributed by atoms with Gasteiger partial charge in [-0.1, -0.05) is 45.2 Å². The Hall–Kier alpha value is -3.88. The van der Waals surface area contributed by atoms with E-state index in [4.69, 9.17) is 9.97 Å². The number of hydrogen-bond donors (Lipinski definition) is 3. The number of fused-ring (bicyclic) bond motifs is 2. The van der Waals surface area contributed by atoms with Gasteiger partial charge in [-0.25, -0.2) is 4.98 Å². The molecule has 0 radical (unpaired) electrons. The average molecular weight is 540 g/mol. The molecule has 0 atom stereocenters. The molecule has 0 unspecified atom stereocenters. The summed E-state index contributed by atoms with van der Waals surface area (Å²) < 4.78 is 0. The summed E-state index contributed by atoms with van der Waals surface area (Å²) in [5.74, 6) is 0.719. The summed E-state index contributed by atoms with van der Waals surface area (Å²) in [5, 5.41) is 14.8. The van der Waals surface area contributed by atoms with E-state index in [-0.39, 0.29) is 0 Å². The van der Waals surface area contributed by atoms with Crippen LogP contribution < -0.4 is 5.32 Å². The predicted molar refractivity (Wildman–Crippen MR) is 168 cm³/mol. The third kappa shape index (κ3) is 6.58. The van der Waals surface area contributed by atoms with Crippen LogP contribution in [-0.4, -0.2) is 55.9 Å². The fourth-order valence-electron chi connectivity index (χ4n) is 4.26. The van der Waals surface area contributed by atoms with Gasteiger partial charge in [0.1, 0.15) is 5.69 Å². The second-order valence-electron chi connectivity index (χ2n) is 9.97. The number of nitrogens with zero attached hydrogens (tertiary/aromatic N) is 4. The lowest BCUT2D eigenvalue weighted by molar-refractivity contribution is 0.438. The van der Waals surface area contributed by atoms with E-state index in [0.29, 0.717) is 5.25 Å². The number of likely N-dealkylation sites (N-methyl/N-ethyl adjacent to an activating group) is 1. The fraction of sp³-hybridized carbons (Fsp3) is 0.258. The highest BCUT2D eigenvalue weighted by Crippen LogP contribution is 2.31. The first-order valence-electron chi connectivity index (χ1n) is 13.0. The van der Waals surface area contributed by atoms with E-state index in [0.717, 1.165) is 68.2 Å². The summed E-state index contributed by atoms with van der Waals surface area (Å²) in [7, 11) is 4.02. The average Bonchev–Trinajstić information content (AvgIpc) is 3.52. The van der Waals surface area contributed by atoms with Crippen molar-refractivity contribution in [2.45, 2.75) is 32.9 Å². The standard InChI is InChI=1S/C31H37N7S/c1-9-22(14-23(10-2)33-21(6)17-38(7)8)27-15-25-28(16-32-27)36-37-30(25)31-34-26-13-11-12-24(29(26)35-31)20(5)18-39-19(3)4/h9-16,18-19,33H,2,6,17H2,1,3-5,7-8H3,(H,34,35)(H,36,37)/b20-18+,22-9+,23-14+. The van der Waals surface area contributed by atoms with E-state index in [1.165, 1.54) is 5.57 Å². The van der Waals surface area contributed by atoms with Crippen LogP contribution in [0.15, 0.2) is 78.7 Å². The van der Waals surface area contributed by atoms with Gasteiger partial charge in [-0.2, -0.15) is 5.10 Å². The number of benzene rings is 1. The maximum atomic E-state index is 4.99. The molecule has 4 rings (SSSR count). The highest BCUT2D eigenvalue weighted by Gasteiger charge is 2.16. The number of aromatic nitrogens is 5. The van der Waals surface area contributed by atoms with Crippen LogP contribution in [0.25, 0.3) is 44.6 Å². The summed E-state index contributed by atoms with van der Waals surface area (Å²) in [6.07, 6.45) is 7.66. The first-order valence-corrected chi connectivity index (χ1v) is 13.9. The van der Waals surface area contributed by atoms with Crippen LogP contribution in [0.2, 0.25) is 0 Å². The quantitative estimate of drug-likeness (QED) is 0.176. The van der Waals surface area contributed by atoms with Crippen molar-refractivity contribution in [3.8, 4) is 11.5 Å². The summed E-state index contributed by atoms with van der Waals surface area (Å²) in [5.41, 5.74) is 9.36. The number of H-pyrrole nitrogens is 2. The fourth-order valence-corrected chi connectivity index (χ4v) is 4.87. The molecule has 8 heteroatoms. The van der Waals surface area contributed by atoms with Crippen molar-refractivity contribution in [2.75, 3.05) is 20.6 Å². The Morgan fingerprint density at radius 1 is 1.23 bits per heavy atom. The van der Waals surface area contributed by atoms with Crippen molar-refractivity contribution in [1.82, 2.24) is 35.4 Å². The number of nitrogens with one attached hydrogen (secondary N) is 3. The summed E-state index contributed by atoms with van der Waals surface area (Å²) in [6.45, 7) is 17.3. The Morgan fingerprint density at radius 3 is 2.72 bits per heavy atom. The minimum absolute atomic E-state index is 0.527. The van der Waals surface area contributed by atoms with E-state index in [9.17, 15) is 0 Å². The third-order valence-corrected chi connectivity index (χ3v) is 7.13. The van der Waals surface area contributed by atoms with Gasteiger partial charge < -0.3 is 15.2 Å². The molecule has 4 aromatic rings. The Bertz CT molecular complexity index is 1600. The van der Waals surface area contributed by atoms with Crippen molar-refractivity contribution in [2.24, 2.45) is 0 Å². The molecule has 0 aliphatic carbocycles. The van der Waals surface area contributed by atoms with Crippen molar-refractivity contribution in [3.63, 3.8) is 0 Å². The normalized spacial score (nSPS) is 13.2. The molecule has 1 aromatic carbocycles. The van der Waals surface area contributed by atoms with E-state index < -0.39 is 0 Å². The SMILES string of the molecule is C=C/C(=C\C(=C/C)c1cc2c(-c3nc4c(/C(C)=C/SC(C)C)cccc4[nH]3)n[nH]c2cn1)NC(=C)CN(C)C. The highest BCUT2D eigenvalue weighted by molar-refractivity contribution is 8.02. The number of para-hydroxylation sites is 1. The number of hydrogen-bond acceptors (Lipinski definition) is 6. The van der Waals surface area contributed by atoms with Crippen molar-refractivity contribution < 1.29 is 0 Å². The van der Waals surface area contributed by atoms with Gasteiger partial charge in [0.25, 0.3) is 0 Å². The van der Waals surface area contributed by atoms with E-state index in [1.807, 2.05) is 57.2 Å². The van der Waals surface area contributed by atoms with Gasteiger partial charge >= 0.3 is 0 Å². The van der Waals surface area contributed by atoms with E-state index >= 15 is 0 Å². The molecule has 0 bridgehead atoms. The molecule has 0 aliphatic rings. The molecule has 202 valence electrons. The van der Waals surface area contributed by atoms with Crippen molar-refractivity contribution >= 4 is 44.8 Å². The zero-order valence-corrected chi connectivity index (χ0v) is 24.4. The number of imidazole rings is 1. The predicted octanol–water partition coefficient (Wildman–Crippen LogP) is 7.14. The summed E-state index contributed by atoms with van der Waals surface area (Å²) in [6, 6.07) is 8.28. The molecular weight excluding hydrogens is 502 g/mol. The molecule has 0 amide bonds. The number of allylic oxidation sites excluding steroid dienone is 5. The first kappa shape index (κ1) is 28.1. The third-order valence-electron chi connectivity index (χ3n) is 6.09. The van der Waals surface area contributed by atoms with Crippen LogP contribution in [0.4, 0.5) is 0 Å². The van der Waals surface area contributed by atoms with Crippen LogP contribution in [0, 0.1) is 0 Å². The molecule has 0 aliphatic heterocycles. The lowest BCUT2D eigenvalue weighted by atomic mass is 10.1. The van der Waals surface area contributed by atoms with E-state index in [1.54, 1.807) is 6.08 Å². The first-order chi connectivity index (χ1) is 18.7. The minimum Gasteiger partial charge on any atom is -0.358 e. The van der Waals surface area contributed by atoms with Gasteiger partial charge in [-0.05, 0) is 68.8 Å². The Kier molecular flexibility index (Phi) is 8.89. The molecule has 0 saturated heterocycles. The number of thioether (sulfide) groups is 1. The van der Waals surface area contributed by atoms with Crippen LogP contribution in [0.1, 0.15) is 39.0 Å². The topological polar surface area (TPSA) is 85.5 Å². The van der Waals surface area contributed by atoms with Gasteiger partial charge in [0.15, 0.2) is 5.82 Å². The molecule has 3 N–H and O–H groups in total. The minimum atomic E-state index is 0.527. The molecular formula is C31H37N7S. The van der Waals surface area contributed by atoms with Crippen LogP contribution in [0.3, 0.4) is 0 Å². The smallest absolute Gasteiger partial charge is 0.159 e. The van der Waals surface area contributed by atoms with Crippen LogP contribution >= 0.6 is 11.8 Å². The lowest BCUT2D eigenvalue weighted by Gasteiger charge is -2.15. The zero-order valence-electron chi connectivity index (χ0n) is 23.6. The molecule has 0 spiro atoms. The maximum Gasteiger partial charge on any atom is 0.159 e. The number of pyridine rings is 1. The Balaban J connectivity index is 1.71. The second kappa shape index (κ2) is 12.3. The maximum absolute atomic E-state index is 4.99. The van der Waals surface area contributed by atoms with Gasteiger partial charge in [0, 0.05) is 34.1 Å². The molecule has 0 saturated carbocycles. The van der Waals surface area contributed by atoms with Gasteiger partial charge in [0.05, 0.1) is 28.4 Å². The summed E-state index contributed by atoms with van der Waals surface area (Å²) >= 11 is 1.81.